The van der Waals surface area contributed by atoms with Crippen LogP contribution in [0, 0.1) is 5.92 Å². The second kappa shape index (κ2) is 8.82. The first-order chi connectivity index (χ1) is 13.3. The number of piperidine rings is 1. The Hall–Kier alpha value is -1.61. The van der Waals surface area contributed by atoms with Gasteiger partial charge in [-0.15, -0.1) is 0 Å². The zero-order chi connectivity index (χ0) is 20.3. The van der Waals surface area contributed by atoms with E-state index in [4.69, 9.17) is 16.3 Å². The highest BCUT2D eigenvalue weighted by Gasteiger charge is 2.35. The third-order valence-electron chi connectivity index (χ3n) is 4.59. The molecular formula is C19H20BrClN2O4S. The number of hydrogen-bond acceptors (Lipinski definition) is 4. The predicted molar refractivity (Wildman–Crippen MR) is 112 cm³/mol. The normalized spacial score (nSPS) is 17.9. The third-order valence-corrected chi connectivity index (χ3v) is 7.21. The van der Waals surface area contributed by atoms with Crippen LogP contribution in [0.25, 0.3) is 0 Å². The summed E-state index contributed by atoms with van der Waals surface area (Å²) in [5, 5.41) is 3.17. The van der Waals surface area contributed by atoms with Crippen LogP contribution in [0.15, 0.2) is 51.8 Å². The second-order valence-electron chi connectivity index (χ2n) is 6.50. The van der Waals surface area contributed by atoms with E-state index in [-0.39, 0.29) is 23.1 Å². The van der Waals surface area contributed by atoms with E-state index in [0.29, 0.717) is 30.1 Å². The number of amides is 1. The molecule has 2 aromatic carbocycles. The number of rotatable bonds is 5. The predicted octanol–water partition coefficient (Wildman–Crippen LogP) is 4.15. The zero-order valence-corrected chi connectivity index (χ0v) is 18.4. The molecule has 28 heavy (non-hydrogen) atoms. The van der Waals surface area contributed by atoms with Crippen LogP contribution in [0.3, 0.4) is 0 Å². The summed E-state index contributed by atoms with van der Waals surface area (Å²) in [5.74, 6) is -0.408. The molecule has 0 aliphatic carbocycles. The molecule has 9 heteroatoms. The molecule has 0 aromatic heterocycles. The van der Waals surface area contributed by atoms with Gasteiger partial charge in [0.1, 0.15) is 10.6 Å². The van der Waals surface area contributed by atoms with E-state index < -0.39 is 15.9 Å². The van der Waals surface area contributed by atoms with Crippen molar-refractivity contribution in [3.8, 4) is 5.75 Å². The van der Waals surface area contributed by atoms with Gasteiger partial charge in [0, 0.05) is 28.3 Å². The van der Waals surface area contributed by atoms with Gasteiger partial charge in [0.2, 0.25) is 15.9 Å². The summed E-state index contributed by atoms with van der Waals surface area (Å²) in [6.07, 6.45) is 1.22. The van der Waals surface area contributed by atoms with Gasteiger partial charge in [0.25, 0.3) is 0 Å². The van der Waals surface area contributed by atoms with Crippen LogP contribution in [-0.4, -0.2) is 38.8 Å². The van der Waals surface area contributed by atoms with E-state index in [2.05, 4.69) is 21.2 Å². The summed E-state index contributed by atoms with van der Waals surface area (Å²) in [6.45, 7) is 0.455. The third kappa shape index (κ3) is 4.68. The lowest BCUT2D eigenvalue weighted by atomic mass is 9.99. The fourth-order valence-electron chi connectivity index (χ4n) is 3.18. The molecule has 1 amide bonds. The Bertz CT molecular complexity index is 984. The van der Waals surface area contributed by atoms with Crippen molar-refractivity contribution in [3.63, 3.8) is 0 Å². The summed E-state index contributed by atoms with van der Waals surface area (Å²) in [5.41, 5.74) is 0.663. The molecule has 1 aliphatic heterocycles. The lowest BCUT2D eigenvalue weighted by Gasteiger charge is -2.31. The maximum absolute atomic E-state index is 13.1. The highest BCUT2D eigenvalue weighted by atomic mass is 79.9. The Morgan fingerprint density at radius 1 is 1.29 bits per heavy atom. The molecule has 1 N–H and O–H groups in total. The van der Waals surface area contributed by atoms with Crippen LogP contribution in [-0.2, 0) is 14.8 Å². The molecule has 0 unspecified atom stereocenters. The maximum atomic E-state index is 13.1. The number of nitrogens with zero attached hydrogens (tertiary/aromatic N) is 1. The van der Waals surface area contributed by atoms with Gasteiger partial charge >= 0.3 is 0 Å². The minimum atomic E-state index is -3.84. The summed E-state index contributed by atoms with van der Waals surface area (Å²) in [4.78, 5) is 12.7. The number of benzene rings is 2. The first-order valence-electron chi connectivity index (χ1n) is 8.71. The fourth-order valence-corrected chi connectivity index (χ4v) is 5.52. The molecule has 1 atom stereocenters. The topological polar surface area (TPSA) is 75.7 Å². The molecular weight excluding hydrogens is 468 g/mol. The van der Waals surface area contributed by atoms with E-state index >= 15 is 0 Å². The minimum Gasteiger partial charge on any atom is -0.495 e. The average molecular weight is 488 g/mol. The number of sulfonamides is 1. The largest absolute Gasteiger partial charge is 0.495 e. The van der Waals surface area contributed by atoms with Crippen molar-refractivity contribution in [1.82, 2.24) is 4.31 Å². The monoisotopic (exact) mass is 486 g/mol. The van der Waals surface area contributed by atoms with Gasteiger partial charge in [-0.25, -0.2) is 8.42 Å². The van der Waals surface area contributed by atoms with Gasteiger partial charge in [0.05, 0.1) is 13.0 Å². The van der Waals surface area contributed by atoms with E-state index in [0.717, 1.165) is 4.47 Å². The Morgan fingerprint density at radius 3 is 2.79 bits per heavy atom. The number of methoxy groups -OCH3 is 1. The number of carbonyl (C=O) groups excluding carboxylic acids is 1. The second-order valence-corrected chi connectivity index (χ2v) is 9.76. The van der Waals surface area contributed by atoms with Gasteiger partial charge in [-0.3, -0.25) is 4.79 Å². The molecule has 0 bridgehead atoms. The van der Waals surface area contributed by atoms with Crippen molar-refractivity contribution in [2.75, 3.05) is 25.5 Å². The molecule has 1 fully saturated rings. The van der Waals surface area contributed by atoms with E-state index in [1.807, 2.05) is 12.1 Å². The van der Waals surface area contributed by atoms with Crippen molar-refractivity contribution in [2.24, 2.45) is 5.92 Å². The average Bonchev–Trinajstić information content (AvgIpc) is 2.68. The summed E-state index contributed by atoms with van der Waals surface area (Å²) >= 11 is 9.36. The highest BCUT2D eigenvalue weighted by Crippen LogP contribution is 2.32. The van der Waals surface area contributed by atoms with Crippen LogP contribution in [0.4, 0.5) is 5.69 Å². The number of hydrogen-bond donors (Lipinski definition) is 1. The summed E-state index contributed by atoms with van der Waals surface area (Å²) in [6, 6.07) is 11.7. The zero-order valence-electron chi connectivity index (χ0n) is 15.2. The number of anilines is 1. The van der Waals surface area contributed by atoms with Crippen LogP contribution < -0.4 is 10.1 Å². The molecule has 1 aliphatic rings. The van der Waals surface area contributed by atoms with Gasteiger partial charge < -0.3 is 10.1 Å². The Balaban J connectivity index is 1.79. The first kappa shape index (κ1) is 21.1. The van der Waals surface area contributed by atoms with Crippen molar-refractivity contribution in [2.45, 2.75) is 17.7 Å². The first-order valence-corrected chi connectivity index (χ1v) is 11.3. The Labute approximate surface area is 178 Å². The molecule has 0 saturated carbocycles. The molecule has 0 radical (unpaired) electrons. The number of nitrogens with one attached hydrogen (secondary N) is 1. The lowest BCUT2D eigenvalue weighted by molar-refractivity contribution is -0.120. The molecule has 1 heterocycles. The van der Waals surface area contributed by atoms with Crippen LogP contribution in [0.5, 0.6) is 5.75 Å². The van der Waals surface area contributed by atoms with Crippen molar-refractivity contribution >= 4 is 49.1 Å². The molecule has 1 saturated heterocycles. The van der Waals surface area contributed by atoms with Gasteiger partial charge in [-0.05, 0) is 49.2 Å². The number of carbonyl (C=O) groups is 1. The van der Waals surface area contributed by atoms with Crippen molar-refractivity contribution < 1.29 is 17.9 Å². The molecule has 3 rings (SSSR count). The Kier molecular flexibility index (Phi) is 6.65. The summed E-state index contributed by atoms with van der Waals surface area (Å²) < 4.78 is 33.7. The fraction of sp³-hybridized carbons (Fsp3) is 0.316. The van der Waals surface area contributed by atoms with E-state index in [1.165, 1.54) is 23.5 Å². The quantitative estimate of drug-likeness (QED) is 0.687. The van der Waals surface area contributed by atoms with E-state index in [1.54, 1.807) is 18.2 Å². The SMILES string of the molecule is COc1ccc(Cl)cc1S(=O)(=O)N1CCC[C@H](C(=O)Nc2cccc(Br)c2)C1. The molecule has 2 aromatic rings. The Morgan fingerprint density at radius 2 is 2.07 bits per heavy atom. The minimum absolute atomic E-state index is 0.00977. The van der Waals surface area contributed by atoms with Crippen LogP contribution in [0.2, 0.25) is 5.02 Å². The highest BCUT2D eigenvalue weighted by molar-refractivity contribution is 9.10. The number of halogens is 2. The maximum Gasteiger partial charge on any atom is 0.246 e. The molecule has 6 nitrogen and oxygen atoms in total. The lowest BCUT2D eigenvalue weighted by Crippen LogP contribution is -2.43. The van der Waals surface area contributed by atoms with Gasteiger partial charge in [-0.2, -0.15) is 4.31 Å². The van der Waals surface area contributed by atoms with Gasteiger partial charge in [-0.1, -0.05) is 33.6 Å². The standard InChI is InChI=1S/C19H20BrClN2O4S/c1-27-17-8-7-15(21)11-18(17)28(25,26)23-9-3-4-13(12-23)19(24)22-16-6-2-5-14(20)10-16/h2,5-8,10-11,13H,3-4,9,12H2,1H3,(H,22,24)/t13-/m0/s1. The smallest absolute Gasteiger partial charge is 0.246 e. The summed E-state index contributed by atoms with van der Waals surface area (Å²) in [7, 11) is -2.43. The van der Waals surface area contributed by atoms with Gasteiger partial charge in [0.15, 0.2) is 0 Å². The van der Waals surface area contributed by atoms with Crippen LogP contribution in [0.1, 0.15) is 12.8 Å². The van der Waals surface area contributed by atoms with Crippen LogP contribution >= 0.6 is 27.5 Å². The van der Waals surface area contributed by atoms with E-state index in [9.17, 15) is 13.2 Å². The van der Waals surface area contributed by atoms with Crippen molar-refractivity contribution in [3.05, 3.63) is 52.0 Å². The molecule has 150 valence electrons. The molecule has 0 spiro atoms. The van der Waals surface area contributed by atoms with Crippen molar-refractivity contribution in [1.29, 1.82) is 0 Å². The number of ether oxygens (including phenoxy) is 1.